The molecular formula is C15H18BrN3O. The van der Waals surface area contributed by atoms with E-state index < -0.39 is 0 Å². The van der Waals surface area contributed by atoms with Gasteiger partial charge >= 0.3 is 0 Å². The maximum absolute atomic E-state index is 12.3. The van der Waals surface area contributed by atoms with Crippen LogP contribution >= 0.6 is 15.9 Å². The van der Waals surface area contributed by atoms with Gasteiger partial charge < -0.3 is 5.73 Å². The number of nitrogens with zero attached hydrogens (tertiary/aromatic N) is 2. The zero-order valence-corrected chi connectivity index (χ0v) is 13.3. The first-order valence-electron chi connectivity index (χ1n) is 6.69. The third-order valence-corrected chi connectivity index (χ3v) is 4.17. The molecule has 1 aromatic carbocycles. The van der Waals surface area contributed by atoms with Crippen LogP contribution in [0.15, 0.2) is 28.7 Å². The summed E-state index contributed by atoms with van der Waals surface area (Å²) < 4.78 is 2.84. The number of halogens is 1. The second-order valence-electron chi connectivity index (χ2n) is 4.60. The summed E-state index contributed by atoms with van der Waals surface area (Å²) in [4.78, 5) is 12.3. The van der Waals surface area contributed by atoms with Crippen LogP contribution in [-0.2, 0) is 19.4 Å². The van der Waals surface area contributed by atoms with Crippen LogP contribution < -0.4 is 5.73 Å². The molecule has 1 heterocycles. The Morgan fingerprint density at radius 3 is 2.50 bits per heavy atom. The molecule has 0 unspecified atom stereocenters. The first-order valence-corrected chi connectivity index (χ1v) is 7.48. The number of nitrogens with two attached hydrogens (primary N) is 1. The van der Waals surface area contributed by atoms with Crippen molar-refractivity contribution >= 4 is 27.4 Å². The van der Waals surface area contributed by atoms with Crippen molar-refractivity contribution in [1.82, 2.24) is 9.78 Å². The van der Waals surface area contributed by atoms with Crippen molar-refractivity contribution < 1.29 is 4.79 Å². The van der Waals surface area contributed by atoms with Gasteiger partial charge in [0.05, 0.1) is 22.3 Å². The van der Waals surface area contributed by atoms with Gasteiger partial charge in [0.1, 0.15) is 0 Å². The first kappa shape index (κ1) is 14.8. The molecule has 0 aliphatic heterocycles. The lowest BCUT2D eigenvalue weighted by Gasteiger charge is -2.05. The maximum atomic E-state index is 12.3. The van der Waals surface area contributed by atoms with Gasteiger partial charge in [-0.15, -0.1) is 0 Å². The summed E-state index contributed by atoms with van der Waals surface area (Å²) in [6.45, 7) is 4.83. The predicted octanol–water partition coefficient (Wildman–Crippen LogP) is 3.24. The molecule has 4 nitrogen and oxygen atoms in total. The van der Waals surface area contributed by atoms with Crippen LogP contribution in [0.5, 0.6) is 0 Å². The molecule has 5 heteroatoms. The monoisotopic (exact) mass is 335 g/mol. The van der Waals surface area contributed by atoms with Gasteiger partial charge in [0, 0.05) is 17.8 Å². The Balaban J connectivity index is 2.27. The summed E-state index contributed by atoms with van der Waals surface area (Å²) in [6, 6.07) is 7.02. The molecule has 20 heavy (non-hydrogen) atoms. The number of Topliss-reactive ketones (excluding diaryl/α,β-unsaturated/α-hetero) is 1. The van der Waals surface area contributed by atoms with Crippen molar-refractivity contribution in [2.24, 2.45) is 0 Å². The molecule has 106 valence electrons. The fourth-order valence-electron chi connectivity index (χ4n) is 2.11. The van der Waals surface area contributed by atoms with Crippen molar-refractivity contribution in [3.63, 3.8) is 0 Å². The van der Waals surface area contributed by atoms with E-state index in [9.17, 15) is 4.79 Å². The van der Waals surface area contributed by atoms with E-state index in [-0.39, 0.29) is 5.78 Å². The molecule has 2 rings (SSSR count). The Morgan fingerprint density at radius 2 is 1.95 bits per heavy atom. The maximum Gasteiger partial charge on any atom is 0.168 e. The number of hydrogen-bond acceptors (Lipinski definition) is 3. The van der Waals surface area contributed by atoms with Gasteiger partial charge in [0.15, 0.2) is 5.78 Å². The van der Waals surface area contributed by atoms with Crippen LogP contribution in [0.3, 0.4) is 0 Å². The van der Waals surface area contributed by atoms with Gasteiger partial charge in [-0.2, -0.15) is 5.10 Å². The largest absolute Gasteiger partial charge is 0.399 e. The average molecular weight is 336 g/mol. The summed E-state index contributed by atoms with van der Waals surface area (Å²) in [5.74, 6) is 0.0722. The van der Waals surface area contributed by atoms with Gasteiger partial charge in [0.25, 0.3) is 0 Å². The summed E-state index contributed by atoms with van der Waals surface area (Å²) in [7, 11) is 0. The highest BCUT2D eigenvalue weighted by Gasteiger charge is 2.17. The van der Waals surface area contributed by atoms with E-state index in [4.69, 9.17) is 5.73 Å². The highest BCUT2D eigenvalue weighted by Crippen LogP contribution is 2.24. The molecule has 0 bridgehead atoms. The Bertz CT molecular complexity index is 617. The minimum Gasteiger partial charge on any atom is -0.399 e. The number of aryl methyl sites for hydroxylation is 2. The van der Waals surface area contributed by atoms with E-state index >= 15 is 0 Å². The molecule has 0 aliphatic carbocycles. The Kier molecular flexibility index (Phi) is 4.60. The first-order chi connectivity index (χ1) is 9.56. The summed E-state index contributed by atoms with van der Waals surface area (Å²) in [5, 5.41) is 4.51. The van der Waals surface area contributed by atoms with Crippen molar-refractivity contribution in [2.75, 3.05) is 5.73 Å². The molecular weight excluding hydrogens is 318 g/mol. The van der Waals surface area contributed by atoms with Crippen LogP contribution in [0.2, 0.25) is 0 Å². The lowest BCUT2D eigenvalue weighted by molar-refractivity contribution is 0.0990. The van der Waals surface area contributed by atoms with Crippen molar-refractivity contribution in [3.05, 3.63) is 45.7 Å². The number of ketones is 1. The van der Waals surface area contributed by atoms with Crippen LogP contribution in [0.4, 0.5) is 5.69 Å². The molecule has 0 fully saturated rings. The minimum atomic E-state index is 0.0722. The van der Waals surface area contributed by atoms with Gasteiger partial charge in [-0.25, -0.2) is 0 Å². The minimum absolute atomic E-state index is 0.0722. The molecule has 0 atom stereocenters. The highest BCUT2D eigenvalue weighted by atomic mass is 79.9. The molecule has 0 radical (unpaired) electrons. The van der Waals surface area contributed by atoms with Crippen LogP contribution in [0, 0.1) is 0 Å². The Hall–Kier alpha value is -1.62. The average Bonchev–Trinajstić information content (AvgIpc) is 2.76. The molecule has 0 saturated carbocycles. The lowest BCUT2D eigenvalue weighted by Crippen LogP contribution is -2.10. The van der Waals surface area contributed by atoms with Crippen LogP contribution in [0.25, 0.3) is 0 Å². The van der Waals surface area contributed by atoms with Crippen molar-refractivity contribution in [2.45, 2.75) is 33.2 Å². The van der Waals surface area contributed by atoms with E-state index in [1.54, 1.807) is 24.3 Å². The molecule has 2 N–H and O–H groups in total. The SMILES string of the molecule is CCc1nn(CC)c(CC(=O)c2ccc(N)cc2)c1Br. The number of anilines is 1. The second kappa shape index (κ2) is 6.22. The Morgan fingerprint density at radius 1 is 1.30 bits per heavy atom. The van der Waals surface area contributed by atoms with Gasteiger partial charge in [-0.1, -0.05) is 6.92 Å². The number of hydrogen-bond donors (Lipinski definition) is 1. The number of benzene rings is 1. The normalized spacial score (nSPS) is 10.8. The predicted molar refractivity (Wildman–Crippen MR) is 83.9 cm³/mol. The summed E-state index contributed by atoms with van der Waals surface area (Å²) in [6.07, 6.45) is 1.18. The smallest absolute Gasteiger partial charge is 0.168 e. The summed E-state index contributed by atoms with van der Waals surface area (Å²) >= 11 is 3.56. The second-order valence-corrected chi connectivity index (χ2v) is 5.39. The zero-order chi connectivity index (χ0) is 14.7. The molecule has 2 aromatic rings. The summed E-state index contributed by atoms with van der Waals surface area (Å²) in [5.41, 5.74) is 8.90. The molecule has 0 amide bonds. The standard InChI is InChI=1S/C15H18BrN3O/c1-3-12-15(16)13(19(4-2)18-12)9-14(20)10-5-7-11(17)8-6-10/h5-8H,3-4,9,17H2,1-2H3. The lowest BCUT2D eigenvalue weighted by atomic mass is 10.1. The van der Waals surface area contributed by atoms with Gasteiger partial charge in [0.2, 0.25) is 0 Å². The number of nitrogen functional groups attached to an aromatic ring is 1. The van der Waals surface area contributed by atoms with E-state index in [2.05, 4.69) is 28.0 Å². The van der Waals surface area contributed by atoms with Crippen LogP contribution in [-0.4, -0.2) is 15.6 Å². The Labute approximate surface area is 127 Å². The topological polar surface area (TPSA) is 60.9 Å². The third-order valence-electron chi connectivity index (χ3n) is 3.25. The molecule has 1 aromatic heterocycles. The number of aromatic nitrogens is 2. The highest BCUT2D eigenvalue weighted by molar-refractivity contribution is 9.10. The fourth-order valence-corrected chi connectivity index (χ4v) is 2.81. The zero-order valence-electron chi connectivity index (χ0n) is 11.7. The van der Waals surface area contributed by atoms with Crippen LogP contribution in [0.1, 0.15) is 35.6 Å². The third kappa shape index (κ3) is 2.93. The number of carbonyl (C=O) groups is 1. The van der Waals surface area contributed by atoms with E-state index in [1.165, 1.54) is 0 Å². The molecule has 0 aliphatic rings. The van der Waals surface area contributed by atoms with Gasteiger partial charge in [-0.05, 0) is 53.5 Å². The van der Waals surface area contributed by atoms with E-state index in [0.717, 1.165) is 28.8 Å². The van der Waals surface area contributed by atoms with Gasteiger partial charge in [-0.3, -0.25) is 9.48 Å². The number of carbonyl (C=O) groups excluding carboxylic acids is 1. The quantitative estimate of drug-likeness (QED) is 0.674. The number of rotatable bonds is 5. The fraction of sp³-hybridized carbons (Fsp3) is 0.333. The van der Waals surface area contributed by atoms with E-state index in [1.807, 2.05) is 11.6 Å². The van der Waals surface area contributed by atoms with Crippen molar-refractivity contribution in [3.8, 4) is 0 Å². The van der Waals surface area contributed by atoms with Crippen molar-refractivity contribution in [1.29, 1.82) is 0 Å². The molecule has 0 saturated heterocycles. The van der Waals surface area contributed by atoms with E-state index in [0.29, 0.717) is 17.7 Å². The molecule has 0 spiro atoms.